The Morgan fingerprint density at radius 2 is 0.750 bits per heavy atom. The zero-order chi connectivity index (χ0) is 19.8. The summed E-state index contributed by atoms with van der Waals surface area (Å²) in [5.41, 5.74) is 16.5. The molecule has 0 bridgehead atoms. The van der Waals surface area contributed by atoms with E-state index in [1.165, 1.54) is 16.7 Å². The Labute approximate surface area is 168 Å². The fourth-order valence-electron chi connectivity index (χ4n) is 2.57. The van der Waals surface area contributed by atoms with E-state index in [1.807, 2.05) is 54.6 Å². The molecule has 0 aliphatic heterocycles. The van der Waals surface area contributed by atoms with Gasteiger partial charge in [-0.1, -0.05) is 54.6 Å². The smallest absolute Gasteiger partial charge is 0.168 e. The second-order valence-corrected chi connectivity index (χ2v) is 7.83. The van der Waals surface area contributed by atoms with Crippen LogP contribution in [0.1, 0.15) is 16.7 Å². The molecule has 0 aliphatic rings. The first-order chi connectivity index (χ1) is 13.6. The Morgan fingerprint density at radius 1 is 0.464 bits per heavy atom. The lowest BCUT2D eigenvalue weighted by Crippen LogP contribution is -2.36. The van der Waals surface area contributed by atoms with Gasteiger partial charge in [0.2, 0.25) is 0 Å². The van der Waals surface area contributed by atoms with Gasteiger partial charge >= 0.3 is 0 Å². The summed E-state index contributed by atoms with van der Waals surface area (Å²) >= 11 is 0. The molecule has 0 radical (unpaired) electrons. The molecular formula is C21H27N6P. The van der Waals surface area contributed by atoms with Gasteiger partial charge < -0.3 is 16.3 Å². The van der Waals surface area contributed by atoms with E-state index in [0.717, 1.165) is 17.1 Å². The summed E-state index contributed by atoms with van der Waals surface area (Å²) in [7, 11) is -1.05. The van der Waals surface area contributed by atoms with Crippen molar-refractivity contribution >= 4 is 25.4 Å². The fraction of sp³-hybridized carbons (Fsp3) is 0.143. The van der Waals surface area contributed by atoms with Crippen molar-refractivity contribution in [3.63, 3.8) is 0 Å². The number of hydrogen-bond donors (Lipinski definition) is 6. The van der Waals surface area contributed by atoms with Crippen LogP contribution in [0.25, 0.3) is 0 Å². The summed E-state index contributed by atoms with van der Waals surface area (Å²) < 4.78 is 0. The van der Waals surface area contributed by atoms with E-state index in [1.54, 1.807) is 0 Å². The van der Waals surface area contributed by atoms with Crippen LogP contribution in [0, 0.1) is 20.8 Å². The molecule has 6 N–H and O–H groups in total. The third-order valence-electron chi connectivity index (χ3n) is 4.34. The van der Waals surface area contributed by atoms with Gasteiger partial charge in [0.05, 0.1) is 17.1 Å². The fourth-order valence-corrected chi connectivity index (χ4v) is 3.44. The van der Waals surface area contributed by atoms with Crippen LogP contribution in [0.4, 0.5) is 17.1 Å². The Kier molecular flexibility index (Phi) is 7.23. The first kappa shape index (κ1) is 20.1. The molecule has 0 saturated heterocycles. The minimum atomic E-state index is -1.05. The third kappa shape index (κ3) is 5.68. The van der Waals surface area contributed by atoms with E-state index in [-0.39, 0.29) is 0 Å². The minimum Gasteiger partial charge on any atom is -0.315 e. The average Bonchev–Trinajstić information content (AvgIpc) is 2.71. The number of rotatable bonds is 9. The van der Waals surface area contributed by atoms with E-state index in [9.17, 15) is 0 Å². The van der Waals surface area contributed by atoms with Crippen LogP contribution < -0.4 is 31.9 Å². The van der Waals surface area contributed by atoms with Crippen molar-refractivity contribution in [2.45, 2.75) is 20.8 Å². The van der Waals surface area contributed by atoms with E-state index < -0.39 is 8.37 Å². The van der Waals surface area contributed by atoms with Crippen LogP contribution in [-0.2, 0) is 0 Å². The van der Waals surface area contributed by atoms with Crippen molar-refractivity contribution in [3.8, 4) is 0 Å². The van der Waals surface area contributed by atoms with Crippen LogP contribution in [0.15, 0.2) is 72.8 Å². The number of para-hydroxylation sites is 3. The zero-order valence-corrected chi connectivity index (χ0v) is 17.3. The highest BCUT2D eigenvalue weighted by atomic mass is 31.1. The summed E-state index contributed by atoms with van der Waals surface area (Å²) in [6, 6.07) is 24.5. The van der Waals surface area contributed by atoms with E-state index in [2.05, 4.69) is 70.8 Å². The van der Waals surface area contributed by atoms with Gasteiger partial charge in [-0.15, -0.1) is 0 Å². The van der Waals surface area contributed by atoms with Crippen molar-refractivity contribution in [1.29, 1.82) is 0 Å². The molecule has 0 aliphatic carbocycles. The highest BCUT2D eigenvalue weighted by Crippen LogP contribution is 2.23. The van der Waals surface area contributed by atoms with Crippen LogP contribution >= 0.6 is 8.37 Å². The van der Waals surface area contributed by atoms with Crippen LogP contribution in [0.3, 0.4) is 0 Å². The normalized spacial score (nSPS) is 10.7. The van der Waals surface area contributed by atoms with E-state index in [0.29, 0.717) is 0 Å². The number of hydrogen-bond acceptors (Lipinski definition) is 6. The van der Waals surface area contributed by atoms with E-state index >= 15 is 0 Å². The number of benzene rings is 3. The summed E-state index contributed by atoms with van der Waals surface area (Å²) in [5, 5.41) is 9.97. The third-order valence-corrected chi connectivity index (χ3v) is 5.35. The minimum absolute atomic E-state index is 1.03. The molecule has 146 valence electrons. The molecule has 28 heavy (non-hydrogen) atoms. The molecule has 0 saturated carbocycles. The summed E-state index contributed by atoms with van der Waals surface area (Å²) in [5.74, 6) is 0. The monoisotopic (exact) mass is 394 g/mol. The average molecular weight is 394 g/mol. The number of aryl methyl sites for hydroxylation is 3. The van der Waals surface area contributed by atoms with Gasteiger partial charge in [0.15, 0.2) is 8.37 Å². The Balaban J connectivity index is 1.65. The molecule has 3 rings (SSSR count). The number of nitrogens with one attached hydrogen (secondary N) is 6. The lowest BCUT2D eigenvalue weighted by Gasteiger charge is -2.24. The maximum absolute atomic E-state index is 3.32. The largest absolute Gasteiger partial charge is 0.315 e. The van der Waals surface area contributed by atoms with Crippen molar-refractivity contribution in [1.82, 2.24) is 15.6 Å². The molecular weight excluding hydrogens is 367 g/mol. The molecule has 0 heterocycles. The summed E-state index contributed by atoms with van der Waals surface area (Å²) in [6.07, 6.45) is 0. The van der Waals surface area contributed by atoms with Gasteiger partial charge in [-0.3, -0.25) is 0 Å². The van der Waals surface area contributed by atoms with Gasteiger partial charge in [-0.05, 0) is 55.7 Å². The molecule has 3 aromatic carbocycles. The second kappa shape index (κ2) is 10.1. The zero-order valence-electron chi connectivity index (χ0n) is 16.4. The first-order valence-corrected chi connectivity index (χ1v) is 10.5. The molecule has 0 atom stereocenters. The number of hydrazine groups is 3. The van der Waals surface area contributed by atoms with Crippen molar-refractivity contribution in [3.05, 3.63) is 89.5 Å². The van der Waals surface area contributed by atoms with Crippen molar-refractivity contribution in [2.24, 2.45) is 0 Å². The summed E-state index contributed by atoms with van der Waals surface area (Å²) in [6.45, 7) is 6.22. The van der Waals surface area contributed by atoms with Gasteiger partial charge in [0, 0.05) is 0 Å². The molecule has 0 amide bonds. The standard InChI is InChI=1S/C21H27N6P/c1-16-10-4-7-13-19(16)22-25-28(26-23-20-14-8-5-11-17(20)2)27-24-21-15-9-6-12-18(21)3/h4-15,22-27H,1-3H3. The predicted octanol–water partition coefficient (Wildman–Crippen LogP) is 4.99. The van der Waals surface area contributed by atoms with E-state index in [4.69, 9.17) is 0 Å². The molecule has 3 aromatic rings. The predicted molar refractivity (Wildman–Crippen MR) is 121 cm³/mol. The maximum atomic E-state index is 3.32. The lowest BCUT2D eigenvalue weighted by atomic mass is 10.2. The molecule has 7 heteroatoms. The second-order valence-electron chi connectivity index (χ2n) is 6.49. The van der Waals surface area contributed by atoms with Crippen molar-refractivity contribution in [2.75, 3.05) is 16.3 Å². The molecule has 0 aromatic heterocycles. The quantitative estimate of drug-likeness (QED) is 0.227. The highest BCUT2D eigenvalue weighted by Gasteiger charge is 2.09. The SMILES string of the molecule is Cc1ccccc1NNP(NNc1ccccc1C)NNc1ccccc1C. The van der Waals surface area contributed by atoms with Gasteiger partial charge in [0.25, 0.3) is 0 Å². The Bertz CT molecular complexity index is 784. The molecule has 6 nitrogen and oxygen atoms in total. The molecule has 0 spiro atoms. The lowest BCUT2D eigenvalue weighted by molar-refractivity contribution is 1.02. The van der Waals surface area contributed by atoms with Gasteiger partial charge in [-0.2, -0.15) is 15.6 Å². The van der Waals surface area contributed by atoms with Gasteiger partial charge in [0.1, 0.15) is 0 Å². The first-order valence-electron chi connectivity index (χ1n) is 9.15. The molecule has 0 unspecified atom stereocenters. The Morgan fingerprint density at radius 3 is 1.04 bits per heavy atom. The summed E-state index contributed by atoms with van der Waals surface area (Å²) in [4.78, 5) is 0. The maximum Gasteiger partial charge on any atom is 0.168 e. The number of anilines is 3. The van der Waals surface area contributed by atoms with Gasteiger partial charge in [-0.25, -0.2) is 0 Å². The highest BCUT2D eigenvalue weighted by molar-refractivity contribution is 7.51. The topological polar surface area (TPSA) is 72.2 Å². The van der Waals surface area contributed by atoms with Crippen LogP contribution in [-0.4, -0.2) is 0 Å². The van der Waals surface area contributed by atoms with Crippen LogP contribution in [0.5, 0.6) is 0 Å². The molecule has 0 fully saturated rings. The van der Waals surface area contributed by atoms with Crippen LogP contribution in [0.2, 0.25) is 0 Å². The van der Waals surface area contributed by atoms with Crippen molar-refractivity contribution < 1.29 is 0 Å². The Hall–Kier alpha value is -2.63.